The molecule has 1 amide bonds. The van der Waals surface area contributed by atoms with Gasteiger partial charge in [-0.15, -0.1) is 0 Å². The smallest absolute Gasteiger partial charge is 0.349 e. The van der Waals surface area contributed by atoms with Crippen LogP contribution in [0.1, 0.15) is 74.7 Å². The molecule has 4 heterocycles. The Morgan fingerprint density at radius 3 is 1.35 bits per heavy atom. The van der Waals surface area contributed by atoms with Gasteiger partial charge in [0.2, 0.25) is 11.9 Å². The van der Waals surface area contributed by atoms with Crippen molar-refractivity contribution < 1.29 is 41.9 Å². The Bertz CT molecular complexity index is 2690. The largest absolute Gasteiger partial charge is 0.478 e. The van der Waals surface area contributed by atoms with Gasteiger partial charge in [-0.3, -0.25) is 13.9 Å². The van der Waals surface area contributed by atoms with Gasteiger partial charge in [0.05, 0.1) is 75.1 Å². The van der Waals surface area contributed by atoms with Gasteiger partial charge in [-0.05, 0) is 76.2 Å². The minimum Gasteiger partial charge on any atom is -0.478 e. The summed E-state index contributed by atoms with van der Waals surface area (Å²) in [4.78, 5) is 60.3. The number of aromatic carboxylic acids is 1. The maximum absolute atomic E-state index is 12.5. The van der Waals surface area contributed by atoms with Gasteiger partial charge < -0.3 is 67.0 Å². The average Bonchev–Trinajstić information content (AvgIpc) is 3.29. The van der Waals surface area contributed by atoms with Crippen LogP contribution in [-0.2, 0) is 40.3 Å². The van der Waals surface area contributed by atoms with E-state index in [0.717, 1.165) is 11.4 Å². The Kier molecular flexibility index (Phi) is 23.1. The van der Waals surface area contributed by atoms with Crippen molar-refractivity contribution in [1.82, 2.24) is 45.2 Å². The average molecular weight is 999 g/mol. The number of fused-ring (bicyclic) bond motifs is 2. The lowest BCUT2D eigenvalue weighted by Crippen LogP contribution is -2.26. The number of aromatic nitrogens is 8. The molecule has 12 N–H and O–H groups in total. The van der Waals surface area contributed by atoms with Crippen LogP contribution in [0, 0.1) is 0 Å². The van der Waals surface area contributed by atoms with E-state index in [2.05, 4.69) is 45.2 Å². The fraction of sp³-hybridized carbons (Fsp3) is 0.381. The second-order valence-electron chi connectivity index (χ2n) is 13.9. The molecule has 0 atom stereocenters. The number of carboxylic acids is 1. The van der Waals surface area contributed by atoms with Crippen molar-refractivity contribution in [3.8, 4) is 0 Å². The first-order chi connectivity index (χ1) is 31.9. The van der Waals surface area contributed by atoms with Gasteiger partial charge in [0.25, 0.3) is 5.91 Å². The minimum atomic E-state index is -3.36. The number of carbonyl (C=O) groups excluding carboxylic acids is 1. The van der Waals surface area contributed by atoms with Crippen LogP contribution in [0.4, 0.5) is 34.9 Å². The number of hydrogen-bond donors (Lipinski definition) is 7. The normalized spacial score (nSPS) is 10.9. The Morgan fingerprint density at radius 2 is 0.986 bits per heavy atom. The standard InChI is InChI=1S/C20H27N8O4P.C15H15N7O2.C5H14NO3P.2CH4/c1-4-31-33(30,32-5-2)12-24-19(29)13-6-8-15(9-7-13)28(3)11-14-10-23-18-16(25-14)17(21)26-20(22)27-18;1-22(10-4-2-8(3-5-10)14(23)24)7-9-6-18-13-11(19-9)12(16)20-15(17)21-13;1-3-8-10(7,5-6)9-4-2;;/h6-10H,4-5,11-12H2,1-3H3,(H,24,29)(H4,21,22,23,26,27);2-6H,7H2,1H3,(H,23,24)(H4,16,17,18,20,21);3-6H2,1-2H3;2*1H4. The topological polar surface area (TPSA) is 377 Å². The molecule has 0 saturated carbocycles. The van der Waals surface area contributed by atoms with E-state index in [1.165, 1.54) is 0 Å². The number of nitrogens with two attached hydrogens (primary N) is 5. The van der Waals surface area contributed by atoms with E-state index in [4.69, 9.17) is 51.9 Å². The van der Waals surface area contributed by atoms with E-state index < -0.39 is 21.2 Å². The Hall–Kier alpha value is -6.72. The van der Waals surface area contributed by atoms with Crippen molar-refractivity contribution in [2.45, 2.75) is 55.6 Å². The fourth-order valence-electron chi connectivity index (χ4n) is 5.84. The van der Waals surface area contributed by atoms with Gasteiger partial charge in [-0.2, -0.15) is 19.9 Å². The predicted molar refractivity (Wildman–Crippen MR) is 269 cm³/mol. The quantitative estimate of drug-likeness (QED) is 0.0490. The molecule has 0 bridgehead atoms. The van der Waals surface area contributed by atoms with Crippen LogP contribution in [0.25, 0.3) is 22.3 Å². The number of hydrogen-bond acceptors (Lipinski definition) is 23. The number of carboxylic acid groups (broad SMARTS) is 1. The highest BCUT2D eigenvalue weighted by Crippen LogP contribution is 2.47. The van der Waals surface area contributed by atoms with Crippen molar-refractivity contribution in [2.24, 2.45) is 5.73 Å². The van der Waals surface area contributed by atoms with Gasteiger partial charge in [0.15, 0.2) is 34.0 Å². The van der Waals surface area contributed by atoms with E-state index in [0.29, 0.717) is 65.6 Å². The molecule has 25 nitrogen and oxygen atoms in total. The molecule has 2 aromatic carbocycles. The number of amides is 1. The molecule has 0 radical (unpaired) electrons. The molecular weight excluding hydrogens is 935 g/mol. The molecule has 4 aromatic heterocycles. The highest BCUT2D eigenvalue weighted by atomic mass is 31.2. The highest BCUT2D eigenvalue weighted by Gasteiger charge is 2.25. The van der Waals surface area contributed by atoms with Crippen molar-refractivity contribution in [3.05, 3.63) is 83.4 Å². The van der Waals surface area contributed by atoms with Gasteiger partial charge >= 0.3 is 21.2 Å². The molecule has 6 rings (SSSR count). The van der Waals surface area contributed by atoms with Crippen LogP contribution < -0.4 is 43.8 Å². The summed E-state index contributed by atoms with van der Waals surface area (Å²) in [7, 11) is -2.54. The van der Waals surface area contributed by atoms with Crippen LogP contribution in [-0.4, -0.2) is 110 Å². The lowest BCUT2D eigenvalue weighted by atomic mass is 10.2. The number of nitrogens with zero attached hydrogens (tertiary/aromatic N) is 10. The summed E-state index contributed by atoms with van der Waals surface area (Å²) < 4.78 is 43.7. The van der Waals surface area contributed by atoms with E-state index in [1.807, 2.05) is 23.9 Å². The van der Waals surface area contributed by atoms with Crippen LogP contribution in [0.15, 0.2) is 60.9 Å². The van der Waals surface area contributed by atoms with Crippen LogP contribution in [0.3, 0.4) is 0 Å². The monoisotopic (exact) mass is 998 g/mol. The summed E-state index contributed by atoms with van der Waals surface area (Å²) in [6.07, 6.45) is 2.95. The number of nitrogens with one attached hydrogen (secondary N) is 1. The molecule has 0 aliphatic carbocycles. The van der Waals surface area contributed by atoms with Gasteiger partial charge in [0.1, 0.15) is 6.29 Å². The zero-order valence-electron chi connectivity index (χ0n) is 37.9. The van der Waals surface area contributed by atoms with E-state index >= 15 is 0 Å². The maximum Gasteiger partial charge on any atom is 0.349 e. The van der Waals surface area contributed by atoms with E-state index in [9.17, 15) is 18.7 Å². The molecule has 376 valence electrons. The molecule has 0 aliphatic rings. The van der Waals surface area contributed by atoms with Gasteiger partial charge in [-0.25, -0.2) is 24.7 Å². The summed E-state index contributed by atoms with van der Waals surface area (Å²) in [5, 5.41) is 11.5. The van der Waals surface area contributed by atoms with Crippen molar-refractivity contribution in [3.63, 3.8) is 0 Å². The zero-order chi connectivity index (χ0) is 49.3. The summed E-state index contributed by atoms with van der Waals surface area (Å²) in [6, 6.07) is 13.5. The first-order valence-electron chi connectivity index (χ1n) is 20.6. The molecule has 0 spiro atoms. The molecule has 27 heteroatoms. The molecule has 0 aliphatic heterocycles. The highest BCUT2D eigenvalue weighted by molar-refractivity contribution is 7.54. The predicted octanol–water partition coefficient (Wildman–Crippen LogP) is 5.53. The zero-order valence-corrected chi connectivity index (χ0v) is 39.7. The van der Waals surface area contributed by atoms with Crippen LogP contribution >= 0.6 is 15.2 Å². The second-order valence-corrected chi connectivity index (χ2v) is 18.0. The summed E-state index contributed by atoms with van der Waals surface area (Å²) in [5.74, 6) is -0.888. The Labute approximate surface area is 401 Å². The molecule has 6 aromatic rings. The van der Waals surface area contributed by atoms with Crippen LogP contribution in [0.2, 0.25) is 0 Å². The van der Waals surface area contributed by atoms with E-state index in [-0.39, 0.29) is 75.6 Å². The minimum absolute atomic E-state index is 0. The summed E-state index contributed by atoms with van der Waals surface area (Å²) >= 11 is 0. The van der Waals surface area contributed by atoms with Gasteiger partial charge in [0, 0.05) is 31.0 Å². The third-order valence-corrected chi connectivity index (χ3v) is 12.5. The number of benzene rings is 2. The van der Waals surface area contributed by atoms with Crippen molar-refractivity contribution in [2.75, 3.05) is 85.8 Å². The second kappa shape index (κ2) is 27.3. The number of carbonyl (C=O) groups is 2. The Morgan fingerprint density at radius 1 is 0.609 bits per heavy atom. The molecular formula is C42H64N16O9P2. The molecule has 0 saturated heterocycles. The summed E-state index contributed by atoms with van der Waals surface area (Å²) in [5.41, 5.74) is 33.1. The number of nitrogen functional groups attached to an aromatic ring is 4. The van der Waals surface area contributed by atoms with Crippen LogP contribution in [0.5, 0.6) is 0 Å². The summed E-state index contributed by atoms with van der Waals surface area (Å²) in [6.45, 7) is 9.01. The Balaban J connectivity index is 0.000000397. The molecule has 69 heavy (non-hydrogen) atoms. The van der Waals surface area contributed by atoms with Gasteiger partial charge in [-0.1, -0.05) is 14.9 Å². The molecule has 0 unspecified atom stereocenters. The molecule has 0 fully saturated rings. The number of rotatable bonds is 19. The van der Waals surface area contributed by atoms with Crippen molar-refractivity contribution in [1.29, 1.82) is 0 Å². The maximum atomic E-state index is 12.5. The third kappa shape index (κ3) is 17.1. The fourth-order valence-corrected chi connectivity index (χ4v) is 8.29. The van der Waals surface area contributed by atoms with Crippen molar-refractivity contribution >= 4 is 84.3 Å². The first kappa shape index (κ1) is 58.4. The first-order valence-corrected chi connectivity index (χ1v) is 24.0. The SMILES string of the molecule is C.C.CCOP(=O)(CN)OCC.CCOP(=O)(CNC(=O)c1ccc(N(C)Cc2cnc3nc(N)nc(N)c3n2)cc1)OCC.CN(Cc1cnc2nc(N)nc(N)c2n1)c1ccc(C(=O)O)cc1. The lowest BCUT2D eigenvalue weighted by molar-refractivity contribution is 0.0696. The van der Waals surface area contributed by atoms with E-state index in [1.54, 1.807) is 88.6 Å². The third-order valence-electron chi connectivity index (χ3n) is 8.89. The number of anilines is 6. The lowest BCUT2D eigenvalue weighted by Gasteiger charge is -2.19.